The molecule has 0 aromatic heterocycles. The van der Waals surface area contributed by atoms with Gasteiger partial charge in [-0.15, -0.1) is 0 Å². The first-order valence-corrected chi connectivity index (χ1v) is 12.5. The summed E-state index contributed by atoms with van der Waals surface area (Å²) in [5.74, 6) is -0.318. The summed E-state index contributed by atoms with van der Waals surface area (Å²) < 4.78 is 34.0. The molecule has 0 radical (unpaired) electrons. The third kappa shape index (κ3) is 7.11. The number of sulfonamides is 1. The third-order valence-corrected chi connectivity index (χ3v) is 7.44. The van der Waals surface area contributed by atoms with Crippen molar-refractivity contribution in [2.24, 2.45) is 0 Å². The summed E-state index contributed by atoms with van der Waals surface area (Å²) in [6.07, 6.45) is 0. The van der Waals surface area contributed by atoms with Gasteiger partial charge in [0.25, 0.3) is 0 Å². The van der Waals surface area contributed by atoms with Crippen LogP contribution in [-0.4, -0.2) is 69.5 Å². The number of ether oxygens (including phenoxy) is 1. The van der Waals surface area contributed by atoms with E-state index in [1.807, 2.05) is 31.2 Å². The highest BCUT2D eigenvalue weighted by atomic mass is 79.9. The molecule has 1 N–H and O–H groups in total. The van der Waals surface area contributed by atoms with Gasteiger partial charge in [-0.2, -0.15) is 4.31 Å². The standard InChI is InChI=1S/C22H28BrN3O4S/c1-18-2-8-21(9-3-18)31(28,29)26(16-19-4-6-20(23)7-5-19)17-22(27)24-10-11-25-12-14-30-15-13-25/h2-9H,10-17H2,1H3,(H,24,27). The Kier molecular flexibility index (Phi) is 8.62. The summed E-state index contributed by atoms with van der Waals surface area (Å²) in [5, 5.41) is 2.85. The highest BCUT2D eigenvalue weighted by molar-refractivity contribution is 9.10. The Morgan fingerprint density at radius 3 is 2.39 bits per heavy atom. The third-order valence-electron chi connectivity index (χ3n) is 5.10. The smallest absolute Gasteiger partial charge is 0.243 e. The number of aryl methyl sites for hydroxylation is 1. The van der Waals surface area contributed by atoms with Crippen LogP contribution in [0, 0.1) is 6.92 Å². The van der Waals surface area contributed by atoms with Gasteiger partial charge in [0.05, 0.1) is 24.7 Å². The number of nitrogens with zero attached hydrogens (tertiary/aromatic N) is 2. The lowest BCUT2D eigenvalue weighted by Crippen LogP contribution is -2.44. The highest BCUT2D eigenvalue weighted by Crippen LogP contribution is 2.20. The molecule has 168 valence electrons. The topological polar surface area (TPSA) is 79.0 Å². The second-order valence-electron chi connectivity index (χ2n) is 7.52. The van der Waals surface area contributed by atoms with Crippen LogP contribution in [0.25, 0.3) is 0 Å². The van der Waals surface area contributed by atoms with Crippen molar-refractivity contribution in [2.45, 2.75) is 18.4 Å². The zero-order chi connectivity index (χ0) is 22.3. The molecule has 7 nitrogen and oxygen atoms in total. The van der Waals surface area contributed by atoms with Crippen LogP contribution >= 0.6 is 15.9 Å². The van der Waals surface area contributed by atoms with Crippen LogP contribution in [0.4, 0.5) is 0 Å². The van der Waals surface area contributed by atoms with Gasteiger partial charge in [-0.1, -0.05) is 45.8 Å². The van der Waals surface area contributed by atoms with Crippen LogP contribution in [0.3, 0.4) is 0 Å². The molecule has 1 amide bonds. The molecule has 31 heavy (non-hydrogen) atoms. The monoisotopic (exact) mass is 509 g/mol. The molecule has 1 heterocycles. The van der Waals surface area contributed by atoms with Crippen molar-refractivity contribution in [3.8, 4) is 0 Å². The number of morpholine rings is 1. The zero-order valence-electron chi connectivity index (χ0n) is 17.6. The van der Waals surface area contributed by atoms with E-state index in [0.29, 0.717) is 26.3 Å². The van der Waals surface area contributed by atoms with Crippen molar-refractivity contribution >= 4 is 31.9 Å². The maximum atomic E-state index is 13.3. The van der Waals surface area contributed by atoms with E-state index in [4.69, 9.17) is 4.74 Å². The SMILES string of the molecule is Cc1ccc(S(=O)(=O)N(CC(=O)NCCN2CCOCC2)Cc2ccc(Br)cc2)cc1. The molecule has 0 saturated carbocycles. The molecule has 2 aromatic carbocycles. The van der Waals surface area contributed by atoms with E-state index in [1.165, 1.54) is 4.31 Å². The summed E-state index contributed by atoms with van der Waals surface area (Å²) >= 11 is 3.39. The Morgan fingerprint density at radius 2 is 1.74 bits per heavy atom. The Labute approximate surface area is 192 Å². The number of amides is 1. The predicted molar refractivity (Wildman–Crippen MR) is 123 cm³/mol. The lowest BCUT2D eigenvalue weighted by Gasteiger charge is -2.27. The average Bonchev–Trinajstić information content (AvgIpc) is 2.76. The summed E-state index contributed by atoms with van der Waals surface area (Å²) in [5.41, 5.74) is 1.78. The fourth-order valence-corrected chi connectivity index (χ4v) is 4.92. The maximum Gasteiger partial charge on any atom is 0.243 e. The van der Waals surface area contributed by atoms with E-state index in [9.17, 15) is 13.2 Å². The summed E-state index contributed by atoms with van der Waals surface area (Å²) in [4.78, 5) is 15.0. The molecule has 1 aliphatic heterocycles. The molecule has 0 spiro atoms. The number of hydrogen-bond acceptors (Lipinski definition) is 5. The minimum atomic E-state index is -3.83. The molecule has 2 aromatic rings. The fourth-order valence-electron chi connectivity index (χ4n) is 3.27. The van der Waals surface area contributed by atoms with Crippen molar-refractivity contribution in [3.05, 3.63) is 64.1 Å². The van der Waals surface area contributed by atoms with Crippen LogP contribution in [-0.2, 0) is 26.1 Å². The van der Waals surface area contributed by atoms with Crippen molar-refractivity contribution in [1.82, 2.24) is 14.5 Å². The first kappa shape index (κ1) is 23.9. The second kappa shape index (κ2) is 11.2. The van der Waals surface area contributed by atoms with Crippen LogP contribution in [0.5, 0.6) is 0 Å². The van der Waals surface area contributed by atoms with Crippen LogP contribution < -0.4 is 5.32 Å². The predicted octanol–water partition coefficient (Wildman–Crippen LogP) is 2.40. The zero-order valence-corrected chi connectivity index (χ0v) is 20.0. The quantitative estimate of drug-likeness (QED) is 0.561. The molecule has 3 rings (SSSR count). The molecular formula is C22H28BrN3O4S. The largest absolute Gasteiger partial charge is 0.379 e. The van der Waals surface area contributed by atoms with E-state index in [1.54, 1.807) is 24.3 Å². The van der Waals surface area contributed by atoms with Crippen molar-refractivity contribution < 1.29 is 17.9 Å². The van der Waals surface area contributed by atoms with Gasteiger partial charge in [-0.3, -0.25) is 9.69 Å². The van der Waals surface area contributed by atoms with Gasteiger partial charge in [-0.25, -0.2) is 8.42 Å². The number of carbonyl (C=O) groups is 1. The van der Waals surface area contributed by atoms with Crippen molar-refractivity contribution in [3.63, 3.8) is 0 Å². The van der Waals surface area contributed by atoms with E-state index in [2.05, 4.69) is 26.1 Å². The molecule has 9 heteroatoms. The number of benzene rings is 2. The van der Waals surface area contributed by atoms with E-state index in [0.717, 1.165) is 28.7 Å². The van der Waals surface area contributed by atoms with Gasteiger partial charge in [0.2, 0.25) is 15.9 Å². The van der Waals surface area contributed by atoms with E-state index in [-0.39, 0.29) is 23.9 Å². The van der Waals surface area contributed by atoms with Crippen LogP contribution in [0.1, 0.15) is 11.1 Å². The molecule has 1 saturated heterocycles. The van der Waals surface area contributed by atoms with Gasteiger partial charge in [-0.05, 0) is 36.8 Å². The number of carbonyl (C=O) groups excluding carboxylic acids is 1. The second-order valence-corrected chi connectivity index (χ2v) is 10.4. The number of rotatable bonds is 9. The van der Waals surface area contributed by atoms with Crippen LogP contribution in [0.15, 0.2) is 57.9 Å². The van der Waals surface area contributed by atoms with Crippen molar-refractivity contribution in [1.29, 1.82) is 0 Å². The Balaban J connectivity index is 1.69. The van der Waals surface area contributed by atoms with Gasteiger partial charge in [0.15, 0.2) is 0 Å². The van der Waals surface area contributed by atoms with E-state index < -0.39 is 10.0 Å². The Hall–Kier alpha value is -1.78. The minimum absolute atomic E-state index is 0.111. The molecule has 1 aliphatic rings. The lowest BCUT2D eigenvalue weighted by atomic mass is 10.2. The van der Waals surface area contributed by atoms with Gasteiger partial charge in [0, 0.05) is 37.2 Å². The summed E-state index contributed by atoms with van der Waals surface area (Å²) in [6, 6.07) is 14.1. The molecule has 0 bridgehead atoms. The molecule has 0 aliphatic carbocycles. The summed E-state index contributed by atoms with van der Waals surface area (Å²) in [7, 11) is -3.83. The number of halogens is 1. The number of nitrogens with one attached hydrogen (secondary N) is 1. The van der Waals surface area contributed by atoms with Gasteiger partial charge >= 0.3 is 0 Å². The van der Waals surface area contributed by atoms with E-state index >= 15 is 0 Å². The average molecular weight is 510 g/mol. The normalized spacial score (nSPS) is 15.2. The highest BCUT2D eigenvalue weighted by Gasteiger charge is 2.27. The lowest BCUT2D eigenvalue weighted by molar-refractivity contribution is -0.121. The van der Waals surface area contributed by atoms with Gasteiger partial charge < -0.3 is 10.1 Å². The Bertz CT molecular complexity index is 959. The molecular weight excluding hydrogens is 482 g/mol. The molecule has 1 fully saturated rings. The molecule has 0 unspecified atom stereocenters. The summed E-state index contributed by atoms with van der Waals surface area (Å²) in [6.45, 7) is 6.03. The minimum Gasteiger partial charge on any atom is -0.379 e. The molecule has 0 atom stereocenters. The first-order valence-electron chi connectivity index (χ1n) is 10.2. The first-order chi connectivity index (χ1) is 14.8. The maximum absolute atomic E-state index is 13.3. The fraction of sp³-hybridized carbons (Fsp3) is 0.409. The van der Waals surface area contributed by atoms with Crippen LogP contribution in [0.2, 0.25) is 0 Å². The van der Waals surface area contributed by atoms with Gasteiger partial charge in [0.1, 0.15) is 0 Å². The Morgan fingerprint density at radius 1 is 1.10 bits per heavy atom. The van der Waals surface area contributed by atoms with Crippen molar-refractivity contribution in [2.75, 3.05) is 45.9 Å². The number of hydrogen-bond donors (Lipinski definition) is 1.